The number of anilines is 1. The Hall–Kier alpha value is -2.56. The molecule has 1 amide bonds. The number of oxime groups is 1. The number of carbonyl (C=O) groups is 1. The average Bonchev–Trinajstić information content (AvgIpc) is 2.88. The Balaban J connectivity index is 1.93. The van der Waals surface area contributed by atoms with Gasteiger partial charge in [0.1, 0.15) is 17.7 Å². The second-order valence-corrected chi connectivity index (χ2v) is 5.19. The number of para-hydroxylation sites is 1. The van der Waals surface area contributed by atoms with E-state index in [1.807, 2.05) is 45.0 Å². The fraction of sp³-hybridized carbons (Fsp3) is 0.294. The quantitative estimate of drug-likeness (QED) is 0.678. The summed E-state index contributed by atoms with van der Waals surface area (Å²) >= 11 is 0. The SMILES string of the molecule is Cc1ccc(/C=N\O[C@@H](C)C(=O)Nc2c(C)cccc2C)o1. The monoisotopic (exact) mass is 300 g/mol. The molecule has 0 saturated carbocycles. The van der Waals surface area contributed by atoms with E-state index in [9.17, 15) is 4.79 Å². The molecule has 1 aromatic carbocycles. The maximum absolute atomic E-state index is 12.1. The number of nitrogens with zero attached hydrogens (tertiary/aromatic N) is 1. The fourth-order valence-electron chi connectivity index (χ4n) is 1.98. The number of nitrogens with one attached hydrogen (secondary N) is 1. The number of furan rings is 1. The smallest absolute Gasteiger partial charge is 0.268 e. The molecule has 5 heteroatoms. The first-order valence-electron chi connectivity index (χ1n) is 7.10. The number of aryl methyl sites for hydroxylation is 3. The van der Waals surface area contributed by atoms with Crippen LogP contribution in [0.4, 0.5) is 5.69 Å². The lowest BCUT2D eigenvalue weighted by Gasteiger charge is -2.14. The summed E-state index contributed by atoms with van der Waals surface area (Å²) < 4.78 is 5.32. The molecule has 22 heavy (non-hydrogen) atoms. The first-order chi connectivity index (χ1) is 10.5. The van der Waals surface area contributed by atoms with Crippen molar-refractivity contribution in [1.29, 1.82) is 0 Å². The van der Waals surface area contributed by atoms with Crippen LogP contribution in [0.25, 0.3) is 0 Å². The van der Waals surface area contributed by atoms with Crippen LogP contribution in [-0.4, -0.2) is 18.2 Å². The first kappa shape index (κ1) is 15.8. The zero-order chi connectivity index (χ0) is 16.1. The summed E-state index contributed by atoms with van der Waals surface area (Å²) in [5.41, 5.74) is 2.83. The van der Waals surface area contributed by atoms with Gasteiger partial charge in [-0.2, -0.15) is 0 Å². The summed E-state index contributed by atoms with van der Waals surface area (Å²) in [7, 11) is 0. The van der Waals surface area contributed by atoms with Gasteiger partial charge in [0.05, 0.1) is 0 Å². The maximum atomic E-state index is 12.1. The van der Waals surface area contributed by atoms with E-state index in [1.54, 1.807) is 13.0 Å². The molecule has 1 N–H and O–H groups in total. The molecule has 5 nitrogen and oxygen atoms in total. The van der Waals surface area contributed by atoms with Crippen molar-refractivity contribution in [3.63, 3.8) is 0 Å². The van der Waals surface area contributed by atoms with Gasteiger partial charge in [-0.15, -0.1) is 0 Å². The Labute approximate surface area is 130 Å². The molecule has 0 aliphatic heterocycles. The molecule has 1 atom stereocenters. The fourth-order valence-corrected chi connectivity index (χ4v) is 1.98. The Morgan fingerprint density at radius 2 is 1.91 bits per heavy atom. The summed E-state index contributed by atoms with van der Waals surface area (Å²) in [6, 6.07) is 9.47. The molecule has 1 heterocycles. The van der Waals surface area contributed by atoms with Crippen LogP contribution in [0.1, 0.15) is 29.6 Å². The minimum absolute atomic E-state index is 0.245. The van der Waals surface area contributed by atoms with E-state index in [0.717, 1.165) is 22.6 Å². The zero-order valence-electron chi connectivity index (χ0n) is 13.2. The van der Waals surface area contributed by atoms with Crippen LogP contribution in [0.3, 0.4) is 0 Å². The molecule has 116 valence electrons. The van der Waals surface area contributed by atoms with E-state index in [1.165, 1.54) is 6.21 Å². The molecule has 0 radical (unpaired) electrons. The van der Waals surface area contributed by atoms with Gasteiger partial charge in [-0.05, 0) is 51.0 Å². The molecular weight excluding hydrogens is 280 g/mol. The zero-order valence-corrected chi connectivity index (χ0v) is 13.2. The van der Waals surface area contributed by atoms with Crippen LogP contribution in [-0.2, 0) is 9.63 Å². The third kappa shape index (κ3) is 3.97. The molecule has 0 fully saturated rings. The lowest BCUT2D eigenvalue weighted by molar-refractivity contribution is -0.126. The van der Waals surface area contributed by atoms with E-state index >= 15 is 0 Å². The van der Waals surface area contributed by atoms with Gasteiger partial charge < -0.3 is 14.6 Å². The molecule has 0 aliphatic rings. The van der Waals surface area contributed by atoms with Crippen molar-refractivity contribution in [1.82, 2.24) is 0 Å². The van der Waals surface area contributed by atoms with Crippen molar-refractivity contribution in [3.05, 3.63) is 53.0 Å². The summed E-state index contributed by atoms with van der Waals surface area (Å²) in [5.74, 6) is 1.13. The molecule has 0 unspecified atom stereocenters. The van der Waals surface area contributed by atoms with Gasteiger partial charge in [-0.25, -0.2) is 0 Å². The highest BCUT2D eigenvalue weighted by Gasteiger charge is 2.16. The number of amides is 1. The van der Waals surface area contributed by atoms with Crippen LogP contribution in [0.2, 0.25) is 0 Å². The predicted molar refractivity (Wildman–Crippen MR) is 86.1 cm³/mol. The number of benzene rings is 1. The summed E-state index contributed by atoms with van der Waals surface area (Å²) in [5, 5.41) is 6.65. The molecule has 0 aliphatic carbocycles. The minimum atomic E-state index is -0.702. The molecule has 0 bridgehead atoms. The van der Waals surface area contributed by atoms with Gasteiger partial charge in [-0.3, -0.25) is 4.79 Å². The van der Waals surface area contributed by atoms with Crippen molar-refractivity contribution < 1.29 is 14.0 Å². The predicted octanol–water partition coefficient (Wildman–Crippen LogP) is 3.58. The highest BCUT2D eigenvalue weighted by molar-refractivity contribution is 5.95. The summed E-state index contributed by atoms with van der Waals surface area (Å²) in [6.45, 7) is 7.39. The molecule has 0 saturated heterocycles. The average molecular weight is 300 g/mol. The second kappa shape index (κ2) is 6.93. The number of carbonyl (C=O) groups excluding carboxylic acids is 1. The van der Waals surface area contributed by atoms with E-state index < -0.39 is 6.10 Å². The largest absolute Gasteiger partial charge is 0.460 e. The van der Waals surface area contributed by atoms with E-state index in [-0.39, 0.29) is 5.91 Å². The maximum Gasteiger partial charge on any atom is 0.268 e. The van der Waals surface area contributed by atoms with Gasteiger partial charge in [0, 0.05) is 5.69 Å². The number of rotatable bonds is 5. The van der Waals surface area contributed by atoms with Crippen LogP contribution in [0, 0.1) is 20.8 Å². The van der Waals surface area contributed by atoms with Crippen LogP contribution in [0.5, 0.6) is 0 Å². The van der Waals surface area contributed by atoms with Gasteiger partial charge in [0.15, 0.2) is 0 Å². The van der Waals surface area contributed by atoms with Gasteiger partial charge in [0.2, 0.25) is 6.10 Å². The summed E-state index contributed by atoms with van der Waals surface area (Å²) in [6.07, 6.45) is 0.738. The van der Waals surface area contributed by atoms with Crippen LogP contribution < -0.4 is 5.32 Å². The molecular formula is C17H20N2O3. The van der Waals surface area contributed by atoms with Crippen molar-refractivity contribution in [2.45, 2.75) is 33.8 Å². The van der Waals surface area contributed by atoms with Crippen molar-refractivity contribution in [2.75, 3.05) is 5.32 Å². The molecule has 1 aromatic heterocycles. The van der Waals surface area contributed by atoms with Gasteiger partial charge in [-0.1, -0.05) is 23.4 Å². The topological polar surface area (TPSA) is 63.8 Å². The lowest BCUT2D eigenvalue weighted by Crippen LogP contribution is -2.27. The highest BCUT2D eigenvalue weighted by Crippen LogP contribution is 2.19. The van der Waals surface area contributed by atoms with Crippen molar-refractivity contribution in [2.24, 2.45) is 5.16 Å². The Bertz CT molecular complexity index is 669. The van der Waals surface area contributed by atoms with E-state index in [0.29, 0.717) is 5.76 Å². The Morgan fingerprint density at radius 1 is 1.23 bits per heavy atom. The van der Waals surface area contributed by atoms with E-state index in [4.69, 9.17) is 9.25 Å². The van der Waals surface area contributed by atoms with E-state index in [2.05, 4.69) is 10.5 Å². The van der Waals surface area contributed by atoms with Crippen molar-refractivity contribution >= 4 is 17.8 Å². The normalized spacial score (nSPS) is 12.4. The first-order valence-corrected chi connectivity index (χ1v) is 7.10. The number of hydrogen-bond acceptors (Lipinski definition) is 4. The van der Waals surface area contributed by atoms with Gasteiger partial charge in [0.25, 0.3) is 5.91 Å². The Morgan fingerprint density at radius 3 is 2.50 bits per heavy atom. The highest BCUT2D eigenvalue weighted by atomic mass is 16.6. The van der Waals surface area contributed by atoms with Crippen LogP contribution >= 0.6 is 0 Å². The second-order valence-electron chi connectivity index (χ2n) is 5.19. The Kier molecular flexibility index (Phi) is 4.99. The number of hydrogen-bond donors (Lipinski definition) is 1. The molecule has 2 rings (SSSR count). The minimum Gasteiger partial charge on any atom is -0.460 e. The molecule has 0 spiro atoms. The van der Waals surface area contributed by atoms with Crippen LogP contribution in [0.15, 0.2) is 39.9 Å². The standard InChI is InChI=1S/C17H20N2O3/c1-11-6-5-7-12(2)16(11)19-17(20)14(4)22-18-10-15-9-8-13(3)21-15/h5-10,14H,1-4H3,(H,19,20)/b18-10-/t14-/m0/s1. The molecule has 2 aromatic rings. The lowest BCUT2D eigenvalue weighted by atomic mass is 10.1. The van der Waals surface area contributed by atoms with Crippen molar-refractivity contribution in [3.8, 4) is 0 Å². The third-order valence-electron chi connectivity index (χ3n) is 3.26. The third-order valence-corrected chi connectivity index (χ3v) is 3.26. The summed E-state index contributed by atoms with van der Waals surface area (Å²) in [4.78, 5) is 17.3. The van der Waals surface area contributed by atoms with Gasteiger partial charge >= 0.3 is 0 Å².